The van der Waals surface area contributed by atoms with E-state index >= 15 is 0 Å². The van der Waals surface area contributed by atoms with Crippen molar-refractivity contribution in [2.24, 2.45) is 0 Å². The Labute approximate surface area is 148 Å². The molecule has 0 bridgehead atoms. The highest BCUT2D eigenvalue weighted by molar-refractivity contribution is 7.48. The third-order valence-electron chi connectivity index (χ3n) is 1.76. The van der Waals surface area contributed by atoms with Crippen LogP contribution in [0.4, 0.5) is 0 Å². The van der Waals surface area contributed by atoms with Crippen molar-refractivity contribution in [1.82, 2.24) is 0 Å². The lowest BCUT2D eigenvalue weighted by molar-refractivity contribution is 0.112. The van der Waals surface area contributed by atoms with E-state index in [1.54, 1.807) is 0 Å². The van der Waals surface area contributed by atoms with Gasteiger partial charge in [-0.3, -0.25) is 13.6 Å². The van der Waals surface area contributed by atoms with Gasteiger partial charge in [0.15, 0.2) is 0 Å². The molecular formula is C9H15Cl6O4P. The van der Waals surface area contributed by atoms with Gasteiger partial charge in [0.1, 0.15) is 14.5 Å². The Morgan fingerprint density at radius 1 is 0.650 bits per heavy atom. The molecule has 0 unspecified atom stereocenters. The van der Waals surface area contributed by atoms with E-state index in [1.807, 2.05) is 0 Å². The first-order valence-electron chi connectivity index (χ1n) is 5.63. The summed E-state index contributed by atoms with van der Waals surface area (Å²) in [6.07, 6.45) is 0.837. The fourth-order valence-electron chi connectivity index (χ4n) is 0.873. The molecule has 0 fully saturated rings. The molecule has 0 aliphatic rings. The van der Waals surface area contributed by atoms with E-state index in [0.29, 0.717) is 0 Å². The van der Waals surface area contributed by atoms with E-state index < -0.39 is 22.3 Å². The standard InChI is InChI=1S/C9H15Cl6O4P/c10-7(11)1-4-17-20(16,18-5-2-8(12)13)19-6-3-9(14)15/h7-9H,1-6H2. The van der Waals surface area contributed by atoms with Gasteiger partial charge in [-0.05, 0) is 0 Å². The number of hydrogen-bond donors (Lipinski definition) is 0. The maximum absolute atomic E-state index is 12.2. The first kappa shape index (κ1) is 21.9. The molecule has 0 aromatic rings. The van der Waals surface area contributed by atoms with Gasteiger partial charge in [-0.2, -0.15) is 0 Å². The zero-order valence-corrected chi connectivity index (χ0v) is 15.8. The largest absolute Gasteiger partial charge is 0.474 e. The monoisotopic (exact) mass is 428 g/mol. The Kier molecular flexibility index (Phi) is 13.4. The summed E-state index contributed by atoms with van der Waals surface area (Å²) in [6, 6.07) is 0. The number of phosphoric acid groups is 1. The van der Waals surface area contributed by atoms with Crippen LogP contribution in [0, 0.1) is 0 Å². The molecular weight excluding hydrogens is 416 g/mol. The minimum absolute atomic E-state index is 0.0191. The molecule has 0 aliphatic heterocycles. The van der Waals surface area contributed by atoms with Crippen LogP contribution in [0.3, 0.4) is 0 Å². The summed E-state index contributed by atoms with van der Waals surface area (Å²) in [4.78, 5) is -1.89. The summed E-state index contributed by atoms with van der Waals surface area (Å²) in [5.74, 6) is 0. The van der Waals surface area contributed by atoms with E-state index in [1.165, 1.54) is 0 Å². The fraction of sp³-hybridized carbons (Fsp3) is 1.00. The topological polar surface area (TPSA) is 44.8 Å². The van der Waals surface area contributed by atoms with E-state index in [2.05, 4.69) is 0 Å². The van der Waals surface area contributed by atoms with Gasteiger partial charge in [-0.25, -0.2) is 4.57 Å². The summed E-state index contributed by atoms with van der Waals surface area (Å²) in [5, 5.41) is 0. The Morgan fingerprint density at radius 2 is 0.900 bits per heavy atom. The predicted molar refractivity (Wildman–Crippen MR) is 85.8 cm³/mol. The lowest BCUT2D eigenvalue weighted by Gasteiger charge is -2.18. The summed E-state index contributed by atoms with van der Waals surface area (Å²) in [7, 11) is -3.74. The second-order valence-electron chi connectivity index (χ2n) is 3.49. The molecule has 0 amide bonds. The lowest BCUT2D eigenvalue weighted by atomic mass is 10.5. The van der Waals surface area contributed by atoms with Crippen molar-refractivity contribution in [2.75, 3.05) is 19.8 Å². The molecule has 20 heavy (non-hydrogen) atoms. The van der Waals surface area contributed by atoms with E-state index in [9.17, 15) is 4.57 Å². The van der Waals surface area contributed by atoms with Crippen LogP contribution in [0.5, 0.6) is 0 Å². The predicted octanol–water partition coefficient (Wildman–Crippen LogP) is 5.73. The summed E-state index contributed by atoms with van der Waals surface area (Å²) in [6.45, 7) is 0.0574. The Hall–Kier alpha value is 1.85. The van der Waals surface area contributed by atoms with Crippen molar-refractivity contribution in [3.05, 3.63) is 0 Å². The van der Waals surface area contributed by atoms with Gasteiger partial charge >= 0.3 is 7.82 Å². The van der Waals surface area contributed by atoms with Crippen molar-refractivity contribution in [2.45, 2.75) is 33.8 Å². The highest BCUT2D eigenvalue weighted by Crippen LogP contribution is 2.50. The van der Waals surface area contributed by atoms with Crippen LogP contribution >= 0.6 is 77.4 Å². The maximum atomic E-state index is 12.2. The molecule has 0 atom stereocenters. The molecule has 4 nitrogen and oxygen atoms in total. The molecule has 0 saturated heterocycles. The van der Waals surface area contributed by atoms with Crippen LogP contribution < -0.4 is 0 Å². The number of phosphoric ester groups is 1. The Bertz CT molecular complexity index is 249. The van der Waals surface area contributed by atoms with Gasteiger partial charge in [0, 0.05) is 19.3 Å². The molecule has 0 rings (SSSR count). The molecule has 0 N–H and O–H groups in total. The van der Waals surface area contributed by atoms with Crippen LogP contribution in [0.1, 0.15) is 19.3 Å². The van der Waals surface area contributed by atoms with Crippen LogP contribution in [-0.4, -0.2) is 34.3 Å². The van der Waals surface area contributed by atoms with Crippen molar-refractivity contribution in [1.29, 1.82) is 0 Å². The van der Waals surface area contributed by atoms with Gasteiger partial charge in [0.05, 0.1) is 19.8 Å². The van der Waals surface area contributed by atoms with Crippen molar-refractivity contribution in [3.63, 3.8) is 0 Å². The van der Waals surface area contributed by atoms with Crippen LogP contribution in [0.15, 0.2) is 0 Å². The highest BCUT2D eigenvalue weighted by atomic mass is 35.5. The molecule has 0 spiro atoms. The normalized spacial score (nSPS) is 12.8. The molecule has 0 aliphatic carbocycles. The number of hydrogen-bond acceptors (Lipinski definition) is 4. The summed E-state index contributed by atoms with van der Waals surface area (Å²) < 4.78 is 27.5. The van der Waals surface area contributed by atoms with Gasteiger partial charge in [0.2, 0.25) is 0 Å². The molecule has 0 heterocycles. The van der Waals surface area contributed by atoms with Gasteiger partial charge in [-0.15, -0.1) is 69.6 Å². The van der Waals surface area contributed by atoms with E-state index in [4.69, 9.17) is 83.2 Å². The second kappa shape index (κ2) is 12.3. The van der Waals surface area contributed by atoms with Crippen LogP contribution in [0.2, 0.25) is 0 Å². The molecule has 0 saturated carbocycles. The van der Waals surface area contributed by atoms with Gasteiger partial charge in [-0.1, -0.05) is 0 Å². The SMILES string of the molecule is O=P(OCCC(Cl)Cl)(OCCC(Cl)Cl)OCCC(Cl)Cl. The average Bonchev–Trinajstić information content (AvgIpc) is 2.27. The third-order valence-corrected chi connectivity index (χ3v) is 4.56. The maximum Gasteiger partial charge on any atom is 0.474 e. The quantitative estimate of drug-likeness (QED) is 0.293. The smallest absolute Gasteiger partial charge is 0.287 e. The fourth-order valence-corrected chi connectivity index (χ4v) is 2.62. The molecule has 0 aromatic heterocycles. The molecule has 122 valence electrons. The van der Waals surface area contributed by atoms with Crippen molar-refractivity contribution in [3.8, 4) is 0 Å². The third kappa shape index (κ3) is 13.5. The van der Waals surface area contributed by atoms with Gasteiger partial charge in [0.25, 0.3) is 0 Å². The van der Waals surface area contributed by atoms with Crippen molar-refractivity contribution >= 4 is 77.4 Å². The van der Waals surface area contributed by atoms with E-state index in [-0.39, 0.29) is 39.1 Å². The lowest BCUT2D eigenvalue weighted by Crippen LogP contribution is -2.07. The van der Waals surface area contributed by atoms with Crippen LogP contribution in [-0.2, 0) is 18.1 Å². The first-order chi connectivity index (χ1) is 9.25. The Morgan fingerprint density at radius 3 is 1.10 bits per heavy atom. The highest BCUT2D eigenvalue weighted by Gasteiger charge is 2.27. The zero-order valence-electron chi connectivity index (χ0n) is 10.3. The molecule has 0 aromatic carbocycles. The zero-order chi connectivity index (χ0) is 15.6. The molecule has 0 radical (unpaired) electrons. The van der Waals surface area contributed by atoms with Gasteiger partial charge < -0.3 is 0 Å². The number of rotatable bonds is 12. The Balaban J connectivity index is 4.23. The average molecular weight is 431 g/mol. The second-order valence-corrected chi connectivity index (χ2v) is 8.99. The first-order valence-corrected chi connectivity index (χ1v) is 9.71. The molecule has 11 heteroatoms. The minimum Gasteiger partial charge on any atom is -0.287 e. The number of alkyl halides is 6. The van der Waals surface area contributed by atoms with E-state index in [0.717, 1.165) is 0 Å². The van der Waals surface area contributed by atoms with Crippen LogP contribution in [0.25, 0.3) is 0 Å². The van der Waals surface area contributed by atoms with Crippen molar-refractivity contribution < 1.29 is 18.1 Å². The summed E-state index contributed by atoms with van der Waals surface area (Å²) in [5.41, 5.74) is 0. The number of halogens is 6. The summed E-state index contributed by atoms with van der Waals surface area (Å²) >= 11 is 33.3. The minimum atomic E-state index is -3.74.